The van der Waals surface area contributed by atoms with E-state index in [2.05, 4.69) is 10.5 Å². The standard InChI is InChI=1S/C22H20N2O3/c1-27-20-14-12-17(13-15-20)16-23-24-21(25)22(26,18-8-4-2-5-9-18)19-10-6-3-7-11-19/h2-16,26H,1H3,(H,24,25). The van der Waals surface area contributed by atoms with E-state index in [1.54, 1.807) is 67.8 Å². The fourth-order valence-corrected chi connectivity index (χ4v) is 2.72. The number of carbonyl (C=O) groups excluding carboxylic acids is 1. The van der Waals surface area contributed by atoms with Crippen LogP contribution in [0, 0.1) is 0 Å². The Bertz CT molecular complexity index is 868. The lowest BCUT2D eigenvalue weighted by Crippen LogP contribution is -2.43. The first-order valence-corrected chi connectivity index (χ1v) is 8.45. The van der Waals surface area contributed by atoms with Gasteiger partial charge in [0.25, 0.3) is 5.91 Å². The van der Waals surface area contributed by atoms with E-state index in [-0.39, 0.29) is 0 Å². The van der Waals surface area contributed by atoms with Crippen LogP contribution in [0.1, 0.15) is 16.7 Å². The molecule has 5 nitrogen and oxygen atoms in total. The minimum absolute atomic E-state index is 0.466. The Balaban J connectivity index is 1.84. The maximum atomic E-state index is 12.9. The fourth-order valence-electron chi connectivity index (χ4n) is 2.72. The minimum atomic E-state index is -1.85. The van der Waals surface area contributed by atoms with E-state index in [0.29, 0.717) is 11.1 Å². The maximum absolute atomic E-state index is 12.9. The van der Waals surface area contributed by atoms with Crippen molar-refractivity contribution in [2.24, 2.45) is 5.10 Å². The van der Waals surface area contributed by atoms with Crippen LogP contribution in [0.15, 0.2) is 90.0 Å². The molecule has 0 aliphatic carbocycles. The van der Waals surface area contributed by atoms with Crippen LogP contribution in [0.4, 0.5) is 0 Å². The smallest absolute Gasteiger partial charge is 0.281 e. The van der Waals surface area contributed by atoms with Gasteiger partial charge in [-0.25, -0.2) is 5.43 Å². The number of carbonyl (C=O) groups is 1. The molecule has 0 unspecified atom stereocenters. The fraction of sp³-hybridized carbons (Fsp3) is 0.0909. The van der Waals surface area contributed by atoms with Crippen molar-refractivity contribution in [2.45, 2.75) is 5.60 Å². The zero-order valence-electron chi connectivity index (χ0n) is 14.9. The van der Waals surface area contributed by atoms with Gasteiger partial charge in [-0.15, -0.1) is 0 Å². The first-order valence-electron chi connectivity index (χ1n) is 8.45. The van der Waals surface area contributed by atoms with Gasteiger partial charge >= 0.3 is 0 Å². The van der Waals surface area contributed by atoms with Crippen LogP contribution in [0.25, 0.3) is 0 Å². The molecular weight excluding hydrogens is 340 g/mol. The summed E-state index contributed by atoms with van der Waals surface area (Å²) in [6, 6.07) is 24.8. The Morgan fingerprint density at radius 2 is 1.44 bits per heavy atom. The number of rotatable bonds is 6. The number of hydrazone groups is 1. The van der Waals surface area contributed by atoms with Crippen molar-refractivity contribution in [3.05, 3.63) is 102 Å². The third kappa shape index (κ3) is 4.04. The van der Waals surface area contributed by atoms with Gasteiger partial charge in [0.2, 0.25) is 0 Å². The molecule has 3 rings (SSSR count). The Morgan fingerprint density at radius 1 is 0.926 bits per heavy atom. The molecule has 0 saturated heterocycles. The van der Waals surface area contributed by atoms with Crippen molar-refractivity contribution in [3.63, 3.8) is 0 Å². The Kier molecular flexibility index (Phi) is 5.64. The topological polar surface area (TPSA) is 70.9 Å². The SMILES string of the molecule is COc1ccc(C=NNC(=O)C(O)(c2ccccc2)c2ccccc2)cc1. The number of ether oxygens (including phenoxy) is 1. The van der Waals surface area contributed by atoms with Crippen molar-refractivity contribution < 1.29 is 14.6 Å². The Hall–Kier alpha value is -3.44. The van der Waals surface area contributed by atoms with Gasteiger partial charge in [0.15, 0.2) is 5.60 Å². The Morgan fingerprint density at radius 3 is 1.93 bits per heavy atom. The molecule has 27 heavy (non-hydrogen) atoms. The van der Waals surface area contributed by atoms with Crippen LogP contribution < -0.4 is 10.2 Å². The highest BCUT2D eigenvalue weighted by Crippen LogP contribution is 2.29. The lowest BCUT2D eigenvalue weighted by atomic mass is 9.85. The number of nitrogens with zero attached hydrogens (tertiary/aromatic N) is 1. The molecule has 0 spiro atoms. The van der Waals surface area contributed by atoms with Crippen LogP contribution >= 0.6 is 0 Å². The van der Waals surface area contributed by atoms with Gasteiger partial charge in [0, 0.05) is 0 Å². The predicted octanol–water partition coefficient (Wildman–Crippen LogP) is 3.08. The highest BCUT2D eigenvalue weighted by atomic mass is 16.5. The first kappa shape index (κ1) is 18.4. The van der Waals surface area contributed by atoms with Crippen molar-refractivity contribution in [1.82, 2.24) is 5.43 Å². The summed E-state index contributed by atoms with van der Waals surface area (Å²) in [5, 5.41) is 15.3. The second-order valence-electron chi connectivity index (χ2n) is 5.91. The molecule has 0 aliphatic rings. The highest BCUT2D eigenvalue weighted by molar-refractivity contribution is 5.91. The molecule has 0 bridgehead atoms. The van der Waals surface area contributed by atoms with Gasteiger partial charge in [-0.2, -0.15) is 5.10 Å². The molecular formula is C22H20N2O3. The summed E-state index contributed by atoms with van der Waals surface area (Å²) in [7, 11) is 1.59. The van der Waals surface area contributed by atoms with Crippen LogP contribution in [0.2, 0.25) is 0 Å². The van der Waals surface area contributed by atoms with E-state index in [1.165, 1.54) is 6.21 Å². The van der Waals surface area contributed by atoms with E-state index in [4.69, 9.17) is 4.74 Å². The van der Waals surface area contributed by atoms with Crippen molar-refractivity contribution in [3.8, 4) is 5.75 Å². The summed E-state index contributed by atoms with van der Waals surface area (Å²) < 4.78 is 5.11. The third-order valence-corrected chi connectivity index (χ3v) is 4.21. The summed E-state index contributed by atoms with van der Waals surface area (Å²) in [6.45, 7) is 0. The largest absolute Gasteiger partial charge is 0.497 e. The van der Waals surface area contributed by atoms with Gasteiger partial charge in [-0.05, 0) is 41.0 Å². The van der Waals surface area contributed by atoms with Crippen molar-refractivity contribution in [2.75, 3.05) is 7.11 Å². The van der Waals surface area contributed by atoms with Crippen LogP contribution in [-0.2, 0) is 10.4 Å². The summed E-state index contributed by atoms with van der Waals surface area (Å²) in [4.78, 5) is 12.9. The number of hydrogen-bond donors (Lipinski definition) is 2. The molecule has 0 aromatic heterocycles. The van der Waals surface area contributed by atoms with Crippen LogP contribution in [-0.4, -0.2) is 24.3 Å². The average Bonchev–Trinajstić information content (AvgIpc) is 2.74. The van der Waals surface area contributed by atoms with Gasteiger partial charge in [-0.1, -0.05) is 60.7 Å². The molecule has 2 N–H and O–H groups in total. The average molecular weight is 360 g/mol. The van der Waals surface area contributed by atoms with E-state index >= 15 is 0 Å². The van der Waals surface area contributed by atoms with E-state index in [9.17, 15) is 9.90 Å². The second kappa shape index (κ2) is 8.29. The minimum Gasteiger partial charge on any atom is -0.497 e. The number of amides is 1. The molecule has 0 aliphatic heterocycles. The number of methoxy groups -OCH3 is 1. The van der Waals surface area contributed by atoms with Crippen molar-refractivity contribution >= 4 is 12.1 Å². The van der Waals surface area contributed by atoms with Gasteiger partial charge in [0.05, 0.1) is 13.3 Å². The summed E-state index contributed by atoms with van der Waals surface area (Å²) in [5.41, 5.74) is 2.32. The summed E-state index contributed by atoms with van der Waals surface area (Å²) in [6.07, 6.45) is 1.51. The lowest BCUT2D eigenvalue weighted by molar-refractivity contribution is -0.136. The molecule has 3 aromatic carbocycles. The van der Waals surface area contributed by atoms with Crippen molar-refractivity contribution in [1.29, 1.82) is 0 Å². The number of hydrogen-bond acceptors (Lipinski definition) is 4. The molecule has 3 aromatic rings. The second-order valence-corrected chi connectivity index (χ2v) is 5.91. The molecule has 1 amide bonds. The highest BCUT2D eigenvalue weighted by Gasteiger charge is 2.39. The zero-order chi connectivity index (χ0) is 19.1. The third-order valence-electron chi connectivity index (χ3n) is 4.21. The number of aliphatic hydroxyl groups is 1. The summed E-state index contributed by atoms with van der Waals surface area (Å²) >= 11 is 0. The lowest BCUT2D eigenvalue weighted by Gasteiger charge is -2.27. The monoisotopic (exact) mass is 360 g/mol. The van der Waals surface area contributed by atoms with E-state index in [1.807, 2.05) is 24.3 Å². The van der Waals surface area contributed by atoms with E-state index in [0.717, 1.165) is 11.3 Å². The van der Waals surface area contributed by atoms with Gasteiger partial charge < -0.3 is 9.84 Å². The molecule has 0 atom stereocenters. The molecule has 0 fully saturated rings. The van der Waals surface area contributed by atoms with Crippen LogP contribution in [0.3, 0.4) is 0 Å². The molecule has 5 heteroatoms. The molecule has 136 valence electrons. The number of nitrogens with one attached hydrogen (secondary N) is 1. The van der Waals surface area contributed by atoms with Crippen LogP contribution in [0.5, 0.6) is 5.75 Å². The van der Waals surface area contributed by atoms with Gasteiger partial charge in [-0.3, -0.25) is 4.79 Å². The number of benzene rings is 3. The molecule has 0 radical (unpaired) electrons. The first-order chi connectivity index (χ1) is 13.1. The molecule has 0 heterocycles. The zero-order valence-corrected chi connectivity index (χ0v) is 14.9. The quantitative estimate of drug-likeness (QED) is 0.524. The molecule has 0 saturated carbocycles. The summed E-state index contributed by atoms with van der Waals surface area (Å²) in [5.74, 6) is 0.100. The van der Waals surface area contributed by atoms with Gasteiger partial charge in [0.1, 0.15) is 5.75 Å². The normalized spacial score (nSPS) is 11.3. The van der Waals surface area contributed by atoms with E-state index < -0.39 is 11.5 Å². The maximum Gasteiger partial charge on any atom is 0.281 e. The Labute approximate surface area is 157 Å². The predicted molar refractivity (Wildman–Crippen MR) is 105 cm³/mol.